The van der Waals surface area contributed by atoms with Gasteiger partial charge in [0.05, 0.1) is 0 Å². The summed E-state index contributed by atoms with van der Waals surface area (Å²) in [6, 6.07) is 6.50. The van der Waals surface area contributed by atoms with Crippen molar-refractivity contribution in [2.45, 2.75) is 32.2 Å². The molecule has 0 radical (unpaired) electrons. The van der Waals surface area contributed by atoms with E-state index in [-0.39, 0.29) is 11.6 Å². The minimum Gasteiger partial charge on any atom is -0.329 e. The summed E-state index contributed by atoms with van der Waals surface area (Å²) in [4.78, 5) is 0. The van der Waals surface area contributed by atoms with Crippen molar-refractivity contribution in [3.63, 3.8) is 0 Å². The van der Waals surface area contributed by atoms with Crippen LogP contribution in [0.2, 0.25) is 0 Å². The third-order valence-electron chi connectivity index (χ3n) is 3.94. The zero-order chi connectivity index (χ0) is 13.8. The second-order valence-electron chi connectivity index (χ2n) is 5.48. The number of alkyl halides is 2. The predicted molar refractivity (Wildman–Crippen MR) is 73.1 cm³/mol. The predicted octanol–water partition coefficient (Wildman–Crippen LogP) is 3.26. The first-order valence-corrected chi connectivity index (χ1v) is 6.93. The maximum Gasteiger partial charge on any atom is 0.263 e. The molecule has 0 aromatic heterocycles. The Morgan fingerprint density at radius 3 is 2.26 bits per heavy atom. The second-order valence-corrected chi connectivity index (χ2v) is 5.48. The molecule has 1 aromatic carbocycles. The van der Waals surface area contributed by atoms with Crippen LogP contribution in [0.25, 0.3) is 0 Å². The molecule has 1 aliphatic carbocycles. The van der Waals surface area contributed by atoms with Crippen molar-refractivity contribution in [2.75, 3.05) is 13.1 Å². The molecular weight excluding hydrogens is 246 g/mol. The van der Waals surface area contributed by atoms with Crippen LogP contribution < -0.4 is 11.1 Å². The van der Waals surface area contributed by atoms with Gasteiger partial charge in [0.1, 0.15) is 0 Å². The highest BCUT2D eigenvalue weighted by Crippen LogP contribution is 2.36. The Bertz CT molecular complexity index is 388. The standard InChI is InChI=1S/C15H22F2N2/c1-10(11-2-3-11)9-19-14(8-18)12-4-6-13(7-5-12)15(16)17/h4-7,10-11,14-15,19H,2-3,8-9,18H2,1H3. The van der Waals surface area contributed by atoms with Gasteiger partial charge < -0.3 is 11.1 Å². The lowest BCUT2D eigenvalue weighted by Gasteiger charge is -2.20. The largest absolute Gasteiger partial charge is 0.329 e. The average Bonchev–Trinajstić information content (AvgIpc) is 3.24. The molecule has 3 N–H and O–H groups in total. The number of hydrogen-bond donors (Lipinski definition) is 2. The highest BCUT2D eigenvalue weighted by atomic mass is 19.3. The van der Waals surface area contributed by atoms with Gasteiger partial charge in [0.2, 0.25) is 0 Å². The summed E-state index contributed by atoms with van der Waals surface area (Å²) in [5, 5.41) is 3.44. The third-order valence-corrected chi connectivity index (χ3v) is 3.94. The normalized spacial score (nSPS) is 18.6. The van der Waals surface area contributed by atoms with Crippen LogP contribution in [0.5, 0.6) is 0 Å². The summed E-state index contributed by atoms with van der Waals surface area (Å²) in [6.45, 7) is 3.66. The maximum atomic E-state index is 12.5. The zero-order valence-corrected chi connectivity index (χ0v) is 11.3. The molecule has 106 valence electrons. The molecule has 1 aliphatic rings. The summed E-state index contributed by atoms with van der Waals surface area (Å²) in [7, 11) is 0. The lowest BCUT2D eigenvalue weighted by molar-refractivity contribution is 0.151. The molecule has 0 heterocycles. The molecular formula is C15H22F2N2. The van der Waals surface area contributed by atoms with E-state index in [1.165, 1.54) is 25.0 Å². The molecule has 2 rings (SSSR count). The molecule has 0 amide bonds. The van der Waals surface area contributed by atoms with Crippen LogP contribution in [-0.4, -0.2) is 13.1 Å². The lowest BCUT2D eigenvalue weighted by Crippen LogP contribution is -2.32. The fraction of sp³-hybridized carbons (Fsp3) is 0.600. The van der Waals surface area contributed by atoms with Gasteiger partial charge >= 0.3 is 0 Å². The molecule has 4 heteroatoms. The highest BCUT2D eigenvalue weighted by Gasteiger charge is 2.28. The number of halogens is 2. The molecule has 2 atom stereocenters. The van der Waals surface area contributed by atoms with E-state index in [2.05, 4.69) is 12.2 Å². The monoisotopic (exact) mass is 268 g/mol. The number of rotatable bonds is 7. The van der Waals surface area contributed by atoms with E-state index in [0.29, 0.717) is 12.5 Å². The summed E-state index contributed by atoms with van der Waals surface area (Å²) in [5.41, 5.74) is 6.81. The van der Waals surface area contributed by atoms with Gasteiger partial charge in [0.15, 0.2) is 0 Å². The Labute approximate surface area is 113 Å². The van der Waals surface area contributed by atoms with Crippen molar-refractivity contribution in [3.05, 3.63) is 35.4 Å². The van der Waals surface area contributed by atoms with Crippen molar-refractivity contribution in [3.8, 4) is 0 Å². The Balaban J connectivity index is 1.92. The Morgan fingerprint density at radius 2 is 1.79 bits per heavy atom. The molecule has 2 unspecified atom stereocenters. The Hall–Kier alpha value is -1.00. The van der Waals surface area contributed by atoms with E-state index >= 15 is 0 Å². The van der Waals surface area contributed by atoms with Crippen LogP contribution in [0.3, 0.4) is 0 Å². The average molecular weight is 268 g/mol. The molecule has 1 saturated carbocycles. The highest BCUT2D eigenvalue weighted by molar-refractivity contribution is 5.26. The van der Waals surface area contributed by atoms with Crippen LogP contribution >= 0.6 is 0 Å². The third kappa shape index (κ3) is 3.98. The van der Waals surface area contributed by atoms with Crippen LogP contribution in [0.15, 0.2) is 24.3 Å². The molecule has 1 fully saturated rings. The maximum absolute atomic E-state index is 12.5. The van der Waals surface area contributed by atoms with Gasteiger partial charge in [0.25, 0.3) is 6.43 Å². The fourth-order valence-electron chi connectivity index (χ4n) is 2.37. The van der Waals surface area contributed by atoms with E-state index in [0.717, 1.165) is 18.0 Å². The van der Waals surface area contributed by atoms with Crippen LogP contribution in [0.4, 0.5) is 8.78 Å². The van der Waals surface area contributed by atoms with Crippen molar-refractivity contribution in [2.24, 2.45) is 17.6 Å². The van der Waals surface area contributed by atoms with E-state index in [1.807, 2.05) is 0 Å². The first kappa shape index (κ1) is 14.4. The Kier molecular flexibility index (Phi) is 4.88. The van der Waals surface area contributed by atoms with Crippen molar-refractivity contribution in [1.29, 1.82) is 0 Å². The summed E-state index contributed by atoms with van der Waals surface area (Å²) < 4.78 is 25.0. The van der Waals surface area contributed by atoms with Gasteiger partial charge in [-0.3, -0.25) is 0 Å². The quantitative estimate of drug-likeness (QED) is 0.796. The van der Waals surface area contributed by atoms with Crippen molar-refractivity contribution >= 4 is 0 Å². The zero-order valence-electron chi connectivity index (χ0n) is 11.3. The first-order valence-electron chi connectivity index (χ1n) is 6.93. The van der Waals surface area contributed by atoms with Crippen LogP contribution in [0.1, 0.15) is 43.4 Å². The molecule has 1 aromatic rings. The van der Waals surface area contributed by atoms with Gasteiger partial charge in [0, 0.05) is 18.2 Å². The smallest absolute Gasteiger partial charge is 0.263 e. The number of nitrogens with one attached hydrogen (secondary N) is 1. The number of hydrogen-bond acceptors (Lipinski definition) is 2. The lowest BCUT2D eigenvalue weighted by atomic mass is 10.0. The molecule has 19 heavy (non-hydrogen) atoms. The van der Waals surface area contributed by atoms with Gasteiger partial charge in [-0.1, -0.05) is 31.2 Å². The van der Waals surface area contributed by atoms with Crippen molar-refractivity contribution in [1.82, 2.24) is 5.32 Å². The van der Waals surface area contributed by atoms with Gasteiger partial charge in [-0.25, -0.2) is 8.78 Å². The molecule has 0 spiro atoms. The SMILES string of the molecule is CC(CNC(CN)c1ccc(C(F)F)cc1)C1CC1. The van der Waals surface area contributed by atoms with E-state index in [4.69, 9.17) is 5.73 Å². The van der Waals surface area contributed by atoms with Gasteiger partial charge in [-0.05, 0) is 36.8 Å². The van der Waals surface area contributed by atoms with E-state index in [1.54, 1.807) is 12.1 Å². The first-order chi connectivity index (χ1) is 9.11. The molecule has 2 nitrogen and oxygen atoms in total. The molecule has 0 aliphatic heterocycles. The second kappa shape index (κ2) is 6.44. The molecule has 0 bridgehead atoms. The molecule has 0 saturated heterocycles. The summed E-state index contributed by atoms with van der Waals surface area (Å²) >= 11 is 0. The Morgan fingerprint density at radius 1 is 1.21 bits per heavy atom. The fourth-order valence-corrected chi connectivity index (χ4v) is 2.37. The van der Waals surface area contributed by atoms with E-state index < -0.39 is 6.43 Å². The van der Waals surface area contributed by atoms with Crippen LogP contribution in [0, 0.1) is 11.8 Å². The summed E-state index contributed by atoms with van der Waals surface area (Å²) in [6.07, 6.45) is 0.256. The minimum absolute atomic E-state index is 0.0490. The van der Waals surface area contributed by atoms with E-state index in [9.17, 15) is 8.78 Å². The van der Waals surface area contributed by atoms with Crippen LogP contribution in [-0.2, 0) is 0 Å². The number of nitrogens with two attached hydrogens (primary N) is 1. The van der Waals surface area contributed by atoms with Gasteiger partial charge in [-0.2, -0.15) is 0 Å². The van der Waals surface area contributed by atoms with Crippen molar-refractivity contribution < 1.29 is 8.78 Å². The summed E-state index contributed by atoms with van der Waals surface area (Å²) in [5.74, 6) is 1.52. The van der Waals surface area contributed by atoms with Gasteiger partial charge in [-0.15, -0.1) is 0 Å². The minimum atomic E-state index is -2.41. The topological polar surface area (TPSA) is 38.0 Å². The number of benzene rings is 1.